The molecule has 0 N–H and O–H groups in total. The van der Waals surface area contributed by atoms with Crippen LogP contribution in [-0.4, -0.2) is 9.38 Å². The van der Waals surface area contributed by atoms with Crippen LogP contribution in [0.4, 0.5) is 0 Å². The van der Waals surface area contributed by atoms with Crippen molar-refractivity contribution in [2.24, 2.45) is 0 Å². The molecule has 0 saturated heterocycles. The first-order valence-corrected chi connectivity index (χ1v) is 8.11. The second kappa shape index (κ2) is 4.89. The van der Waals surface area contributed by atoms with Crippen molar-refractivity contribution in [3.05, 3.63) is 57.7 Å². The first kappa shape index (κ1) is 13.4. The van der Waals surface area contributed by atoms with Gasteiger partial charge >= 0.3 is 0 Å². The van der Waals surface area contributed by atoms with E-state index in [1.54, 1.807) is 23.5 Å². The van der Waals surface area contributed by atoms with E-state index in [4.69, 9.17) is 34.8 Å². The lowest BCUT2D eigenvalue weighted by atomic mass is 10.2. The van der Waals surface area contributed by atoms with Gasteiger partial charge in [-0.3, -0.25) is 4.40 Å². The molecule has 0 atom stereocenters. The maximum atomic E-state index is 6.54. The van der Waals surface area contributed by atoms with Crippen LogP contribution < -0.4 is 0 Å². The molecule has 0 unspecified atom stereocenters. The van der Waals surface area contributed by atoms with Gasteiger partial charge in [-0.05, 0) is 24.3 Å². The number of hydrogen-bond donors (Lipinski definition) is 0. The smallest absolute Gasteiger partial charge is 0.196 e. The predicted octanol–water partition coefficient (Wildman–Crippen LogP) is 6.18. The number of hydrogen-bond acceptors (Lipinski definition) is 2. The molecule has 0 aliphatic heterocycles. The highest BCUT2D eigenvalue weighted by molar-refractivity contribution is 7.23. The largest absolute Gasteiger partial charge is 0.273 e. The quantitative estimate of drug-likeness (QED) is 0.399. The Balaban J connectivity index is 2.01. The number of thiazole rings is 1. The number of fused-ring (bicyclic) bond motifs is 3. The minimum Gasteiger partial charge on any atom is -0.273 e. The van der Waals surface area contributed by atoms with Gasteiger partial charge in [0.25, 0.3) is 0 Å². The van der Waals surface area contributed by atoms with E-state index in [0.29, 0.717) is 20.9 Å². The van der Waals surface area contributed by atoms with Crippen molar-refractivity contribution >= 4 is 61.3 Å². The van der Waals surface area contributed by atoms with Gasteiger partial charge in [0.05, 0.1) is 20.3 Å². The molecule has 0 aliphatic carbocycles. The maximum Gasteiger partial charge on any atom is 0.196 e. The fraction of sp³-hybridized carbons (Fsp3) is 0. The summed E-state index contributed by atoms with van der Waals surface area (Å²) in [4.78, 5) is 5.50. The lowest BCUT2D eigenvalue weighted by Crippen LogP contribution is -1.82. The van der Waals surface area contributed by atoms with Gasteiger partial charge in [-0.15, -0.1) is 0 Å². The van der Waals surface area contributed by atoms with Crippen molar-refractivity contribution in [2.75, 3.05) is 0 Å². The maximum absolute atomic E-state index is 6.54. The zero-order valence-electron chi connectivity index (χ0n) is 10.5. The first-order valence-electron chi connectivity index (χ1n) is 6.16. The molecule has 2 heterocycles. The van der Waals surface area contributed by atoms with E-state index >= 15 is 0 Å². The molecule has 2 aromatic heterocycles. The summed E-state index contributed by atoms with van der Waals surface area (Å²) < 4.78 is 3.11. The van der Waals surface area contributed by atoms with Crippen LogP contribution in [0, 0.1) is 0 Å². The van der Waals surface area contributed by atoms with Crippen LogP contribution in [0.2, 0.25) is 15.2 Å². The summed E-state index contributed by atoms with van der Waals surface area (Å²) in [6, 6.07) is 13.5. The number of aromatic nitrogens is 2. The second-order valence-electron chi connectivity index (χ2n) is 4.57. The number of imidazole rings is 1. The standard InChI is InChI=1S/C15H7Cl3N2S/c16-9-6-5-8(7-10(9)17)13-14(18)20-11-3-1-2-4-12(11)21-15(20)19-13/h1-7H. The zero-order valence-corrected chi connectivity index (χ0v) is 13.6. The molecule has 0 radical (unpaired) electrons. The second-order valence-corrected chi connectivity index (χ2v) is 6.75. The van der Waals surface area contributed by atoms with Crippen LogP contribution >= 0.6 is 46.1 Å². The van der Waals surface area contributed by atoms with Gasteiger partial charge in [0.15, 0.2) is 4.96 Å². The molecule has 0 saturated carbocycles. The van der Waals surface area contributed by atoms with Gasteiger partial charge in [-0.2, -0.15) is 0 Å². The Morgan fingerprint density at radius 1 is 0.952 bits per heavy atom. The number of rotatable bonds is 1. The lowest BCUT2D eigenvalue weighted by molar-refractivity contribution is 1.30. The van der Waals surface area contributed by atoms with Crippen LogP contribution in [-0.2, 0) is 0 Å². The minimum atomic E-state index is 0.492. The van der Waals surface area contributed by atoms with E-state index in [1.165, 1.54) is 0 Å². The highest BCUT2D eigenvalue weighted by atomic mass is 35.5. The topological polar surface area (TPSA) is 17.3 Å². The molecule has 4 rings (SSSR count). The number of benzene rings is 2. The molecule has 0 bridgehead atoms. The Morgan fingerprint density at radius 3 is 2.57 bits per heavy atom. The highest BCUT2D eigenvalue weighted by Gasteiger charge is 2.17. The highest BCUT2D eigenvalue weighted by Crippen LogP contribution is 2.37. The van der Waals surface area contributed by atoms with E-state index in [0.717, 1.165) is 20.7 Å². The van der Waals surface area contributed by atoms with Gasteiger partial charge < -0.3 is 0 Å². The molecule has 0 spiro atoms. The molecule has 2 nitrogen and oxygen atoms in total. The first-order chi connectivity index (χ1) is 10.1. The Bertz CT molecular complexity index is 987. The molecule has 0 amide bonds. The third-order valence-corrected chi connectivity index (χ3v) is 5.40. The average molecular weight is 354 g/mol. The summed E-state index contributed by atoms with van der Waals surface area (Å²) in [7, 11) is 0. The molecule has 6 heteroatoms. The summed E-state index contributed by atoms with van der Waals surface area (Å²) in [5.41, 5.74) is 2.63. The Morgan fingerprint density at radius 2 is 1.76 bits per heavy atom. The van der Waals surface area contributed by atoms with Crippen LogP contribution in [0.5, 0.6) is 0 Å². The van der Waals surface area contributed by atoms with Crippen LogP contribution in [0.15, 0.2) is 42.5 Å². The molecule has 4 aromatic rings. The molecule has 2 aromatic carbocycles. The minimum absolute atomic E-state index is 0.492. The van der Waals surface area contributed by atoms with E-state index in [9.17, 15) is 0 Å². The van der Waals surface area contributed by atoms with Gasteiger partial charge in [-0.1, -0.05) is 64.3 Å². The molecular formula is C15H7Cl3N2S. The lowest BCUT2D eigenvalue weighted by Gasteiger charge is -2.01. The van der Waals surface area contributed by atoms with Crippen LogP contribution in [0.3, 0.4) is 0 Å². The Kier molecular flexibility index (Phi) is 3.12. The van der Waals surface area contributed by atoms with Crippen molar-refractivity contribution in [3.63, 3.8) is 0 Å². The monoisotopic (exact) mass is 352 g/mol. The normalized spacial score (nSPS) is 11.6. The van der Waals surface area contributed by atoms with E-state index in [2.05, 4.69) is 11.1 Å². The molecule has 0 fully saturated rings. The molecule has 104 valence electrons. The van der Waals surface area contributed by atoms with E-state index in [-0.39, 0.29) is 0 Å². The third kappa shape index (κ3) is 2.04. The summed E-state index contributed by atoms with van der Waals surface area (Å²) in [5.74, 6) is 0. The van der Waals surface area contributed by atoms with Crippen LogP contribution in [0.25, 0.3) is 26.4 Å². The van der Waals surface area contributed by atoms with Crippen molar-refractivity contribution in [2.45, 2.75) is 0 Å². The molecule has 21 heavy (non-hydrogen) atoms. The van der Waals surface area contributed by atoms with Crippen molar-refractivity contribution in [1.82, 2.24) is 9.38 Å². The Hall–Kier alpha value is -1.26. The van der Waals surface area contributed by atoms with Gasteiger partial charge in [-0.25, -0.2) is 4.98 Å². The molecule has 0 aliphatic rings. The zero-order chi connectivity index (χ0) is 14.6. The van der Waals surface area contributed by atoms with Gasteiger partial charge in [0, 0.05) is 5.56 Å². The van der Waals surface area contributed by atoms with Crippen molar-refractivity contribution in [1.29, 1.82) is 0 Å². The summed E-state index contributed by atoms with van der Waals surface area (Å²) >= 11 is 20.2. The fourth-order valence-electron chi connectivity index (χ4n) is 2.31. The SMILES string of the molecule is Clc1ccc(-c2nc3sc4ccccc4n3c2Cl)cc1Cl. The molecular weight excluding hydrogens is 347 g/mol. The Labute approximate surface area is 139 Å². The average Bonchev–Trinajstić information content (AvgIpc) is 2.99. The fourth-order valence-corrected chi connectivity index (χ4v) is 4.01. The van der Waals surface area contributed by atoms with Gasteiger partial charge in [0.2, 0.25) is 0 Å². The predicted molar refractivity (Wildman–Crippen MR) is 91.0 cm³/mol. The van der Waals surface area contributed by atoms with Crippen molar-refractivity contribution in [3.8, 4) is 11.3 Å². The van der Waals surface area contributed by atoms with Crippen LogP contribution in [0.1, 0.15) is 0 Å². The number of nitrogens with zero attached hydrogens (tertiary/aromatic N) is 2. The summed E-state index contributed by atoms with van der Waals surface area (Å²) in [5, 5.41) is 1.59. The third-order valence-electron chi connectivity index (χ3n) is 3.29. The number of para-hydroxylation sites is 1. The summed E-state index contributed by atoms with van der Waals surface area (Å²) in [6.07, 6.45) is 0. The van der Waals surface area contributed by atoms with Gasteiger partial charge in [0.1, 0.15) is 10.8 Å². The van der Waals surface area contributed by atoms with Crippen molar-refractivity contribution < 1.29 is 0 Å². The van der Waals surface area contributed by atoms with E-state index in [1.807, 2.05) is 28.7 Å². The van der Waals surface area contributed by atoms with E-state index < -0.39 is 0 Å². The summed E-state index contributed by atoms with van der Waals surface area (Å²) in [6.45, 7) is 0. The number of halogens is 3.